The van der Waals surface area contributed by atoms with Gasteiger partial charge in [0, 0.05) is 17.2 Å². The van der Waals surface area contributed by atoms with E-state index in [1.807, 2.05) is 18.2 Å². The molecule has 16 heavy (non-hydrogen) atoms. The lowest BCUT2D eigenvalue weighted by Gasteiger charge is -2.25. The van der Waals surface area contributed by atoms with Gasteiger partial charge >= 0.3 is 0 Å². The summed E-state index contributed by atoms with van der Waals surface area (Å²) >= 11 is 0. The fourth-order valence-electron chi connectivity index (χ4n) is 2.61. The number of Topliss-reactive ketones (excluding diaryl/α,β-unsaturated/α-hetero) is 1. The Hall–Kier alpha value is -1.31. The molecule has 0 amide bonds. The van der Waals surface area contributed by atoms with E-state index in [0.29, 0.717) is 17.2 Å². The fraction of sp³-hybridized carbons (Fsp3) is 0.500. The van der Waals surface area contributed by atoms with Crippen molar-refractivity contribution in [2.75, 3.05) is 5.73 Å². The van der Waals surface area contributed by atoms with Crippen molar-refractivity contribution in [1.82, 2.24) is 0 Å². The molecule has 0 saturated heterocycles. The quantitative estimate of drug-likeness (QED) is 0.610. The number of benzene rings is 1. The zero-order valence-corrected chi connectivity index (χ0v) is 9.78. The standard InChI is InChI=1S/C14H19NO/c1-10-5-4-6-11(9-10)14(16)12-7-2-3-8-13(12)15/h2-3,7-8,10-11H,4-6,9,15H2,1H3. The van der Waals surface area contributed by atoms with E-state index in [0.717, 1.165) is 12.8 Å². The number of para-hydroxylation sites is 1. The summed E-state index contributed by atoms with van der Waals surface area (Å²) in [7, 11) is 0. The molecule has 0 spiro atoms. The molecule has 2 atom stereocenters. The average molecular weight is 217 g/mol. The molecule has 2 N–H and O–H groups in total. The van der Waals surface area contributed by atoms with Crippen molar-refractivity contribution in [2.24, 2.45) is 11.8 Å². The number of carbonyl (C=O) groups excluding carboxylic acids is 1. The predicted octanol–water partition coefficient (Wildman–Crippen LogP) is 3.28. The largest absolute Gasteiger partial charge is 0.398 e. The van der Waals surface area contributed by atoms with Gasteiger partial charge in [0.1, 0.15) is 0 Å². The molecule has 1 aliphatic rings. The first-order valence-electron chi connectivity index (χ1n) is 6.07. The third kappa shape index (κ3) is 2.26. The number of anilines is 1. The minimum absolute atomic E-state index is 0.188. The average Bonchev–Trinajstić information content (AvgIpc) is 2.29. The van der Waals surface area contributed by atoms with Gasteiger partial charge in [-0.15, -0.1) is 0 Å². The van der Waals surface area contributed by atoms with Crippen molar-refractivity contribution in [3.05, 3.63) is 29.8 Å². The number of ketones is 1. The van der Waals surface area contributed by atoms with Gasteiger partial charge in [-0.1, -0.05) is 31.9 Å². The topological polar surface area (TPSA) is 43.1 Å². The lowest BCUT2D eigenvalue weighted by Crippen LogP contribution is -2.22. The summed E-state index contributed by atoms with van der Waals surface area (Å²) in [5, 5.41) is 0. The van der Waals surface area contributed by atoms with Gasteiger partial charge in [0.2, 0.25) is 0 Å². The van der Waals surface area contributed by atoms with Crippen LogP contribution in [0.2, 0.25) is 0 Å². The molecule has 0 heterocycles. The van der Waals surface area contributed by atoms with Crippen molar-refractivity contribution in [3.8, 4) is 0 Å². The molecule has 0 bridgehead atoms. The molecule has 1 saturated carbocycles. The molecule has 2 rings (SSSR count). The minimum Gasteiger partial charge on any atom is -0.398 e. The van der Waals surface area contributed by atoms with Crippen LogP contribution in [0.5, 0.6) is 0 Å². The highest BCUT2D eigenvalue weighted by atomic mass is 16.1. The van der Waals surface area contributed by atoms with Crippen LogP contribution < -0.4 is 5.73 Å². The maximum absolute atomic E-state index is 12.3. The van der Waals surface area contributed by atoms with Crippen molar-refractivity contribution in [3.63, 3.8) is 0 Å². The lowest BCUT2D eigenvalue weighted by molar-refractivity contribution is 0.0869. The Morgan fingerprint density at radius 3 is 2.75 bits per heavy atom. The van der Waals surface area contributed by atoms with Gasteiger partial charge in [-0.2, -0.15) is 0 Å². The van der Waals surface area contributed by atoms with E-state index in [-0.39, 0.29) is 11.7 Å². The summed E-state index contributed by atoms with van der Waals surface area (Å²) in [6, 6.07) is 7.40. The second-order valence-corrected chi connectivity index (χ2v) is 4.92. The first kappa shape index (κ1) is 11.2. The van der Waals surface area contributed by atoms with Crippen LogP contribution in [0.15, 0.2) is 24.3 Å². The Labute approximate surface area is 96.8 Å². The molecule has 86 valence electrons. The number of rotatable bonds is 2. The summed E-state index contributed by atoms with van der Waals surface area (Å²) in [4.78, 5) is 12.3. The van der Waals surface area contributed by atoms with Gasteiger partial charge in [0.25, 0.3) is 0 Å². The normalized spacial score (nSPS) is 25.3. The second kappa shape index (κ2) is 4.69. The van der Waals surface area contributed by atoms with Crippen LogP contribution >= 0.6 is 0 Å². The van der Waals surface area contributed by atoms with E-state index in [4.69, 9.17) is 5.73 Å². The van der Waals surface area contributed by atoms with Crippen molar-refractivity contribution < 1.29 is 4.79 Å². The van der Waals surface area contributed by atoms with Crippen molar-refractivity contribution in [2.45, 2.75) is 32.6 Å². The number of nitrogen functional groups attached to an aromatic ring is 1. The highest BCUT2D eigenvalue weighted by Gasteiger charge is 2.26. The van der Waals surface area contributed by atoms with Gasteiger partial charge in [-0.3, -0.25) is 4.79 Å². The minimum atomic E-state index is 0.188. The van der Waals surface area contributed by atoms with E-state index in [1.54, 1.807) is 6.07 Å². The molecule has 2 heteroatoms. The number of carbonyl (C=O) groups is 1. The van der Waals surface area contributed by atoms with E-state index < -0.39 is 0 Å². The van der Waals surface area contributed by atoms with Gasteiger partial charge in [0.15, 0.2) is 5.78 Å². The van der Waals surface area contributed by atoms with Crippen molar-refractivity contribution in [1.29, 1.82) is 0 Å². The van der Waals surface area contributed by atoms with Crippen LogP contribution in [0.1, 0.15) is 43.0 Å². The van der Waals surface area contributed by atoms with Gasteiger partial charge in [0.05, 0.1) is 0 Å². The number of hydrogen-bond acceptors (Lipinski definition) is 2. The number of nitrogens with two attached hydrogens (primary N) is 1. The first-order chi connectivity index (χ1) is 7.68. The van der Waals surface area contributed by atoms with E-state index >= 15 is 0 Å². The molecule has 2 nitrogen and oxygen atoms in total. The SMILES string of the molecule is CC1CCCC(C(=O)c2ccccc2N)C1. The second-order valence-electron chi connectivity index (χ2n) is 4.92. The molecule has 1 aromatic carbocycles. The van der Waals surface area contributed by atoms with Crippen LogP contribution in [-0.2, 0) is 0 Å². The molecule has 1 aromatic rings. The monoisotopic (exact) mass is 217 g/mol. The Morgan fingerprint density at radius 2 is 2.06 bits per heavy atom. The first-order valence-corrected chi connectivity index (χ1v) is 6.07. The molecule has 0 radical (unpaired) electrons. The maximum Gasteiger partial charge on any atom is 0.168 e. The summed E-state index contributed by atoms with van der Waals surface area (Å²) < 4.78 is 0. The smallest absolute Gasteiger partial charge is 0.168 e. The Morgan fingerprint density at radius 1 is 1.31 bits per heavy atom. The molecular weight excluding hydrogens is 198 g/mol. The highest BCUT2D eigenvalue weighted by Crippen LogP contribution is 2.31. The molecule has 1 fully saturated rings. The maximum atomic E-state index is 12.3. The fourth-order valence-corrected chi connectivity index (χ4v) is 2.61. The Bertz CT molecular complexity index is 386. The Balaban J connectivity index is 2.16. The summed E-state index contributed by atoms with van der Waals surface area (Å²) in [6.45, 7) is 2.23. The van der Waals surface area contributed by atoms with E-state index in [1.165, 1.54) is 12.8 Å². The van der Waals surface area contributed by atoms with Crippen molar-refractivity contribution >= 4 is 11.5 Å². The lowest BCUT2D eigenvalue weighted by atomic mass is 9.78. The molecular formula is C14H19NO. The highest BCUT2D eigenvalue weighted by molar-refractivity contribution is 6.02. The van der Waals surface area contributed by atoms with Crippen LogP contribution in [0.25, 0.3) is 0 Å². The molecule has 0 aromatic heterocycles. The van der Waals surface area contributed by atoms with E-state index in [2.05, 4.69) is 6.92 Å². The van der Waals surface area contributed by atoms with Gasteiger partial charge in [-0.05, 0) is 30.9 Å². The predicted molar refractivity (Wildman–Crippen MR) is 66.3 cm³/mol. The van der Waals surface area contributed by atoms with Gasteiger partial charge in [-0.25, -0.2) is 0 Å². The molecule has 1 aliphatic carbocycles. The molecule has 0 aliphatic heterocycles. The zero-order valence-electron chi connectivity index (χ0n) is 9.78. The zero-order chi connectivity index (χ0) is 11.5. The van der Waals surface area contributed by atoms with Crippen LogP contribution in [0, 0.1) is 11.8 Å². The number of hydrogen-bond donors (Lipinski definition) is 1. The summed E-state index contributed by atoms with van der Waals surface area (Å²) in [5.41, 5.74) is 7.17. The summed E-state index contributed by atoms with van der Waals surface area (Å²) in [6.07, 6.45) is 4.48. The third-order valence-corrected chi connectivity index (χ3v) is 3.53. The summed E-state index contributed by atoms with van der Waals surface area (Å²) in [5.74, 6) is 1.10. The van der Waals surface area contributed by atoms with Crippen LogP contribution in [-0.4, -0.2) is 5.78 Å². The van der Waals surface area contributed by atoms with Crippen LogP contribution in [0.4, 0.5) is 5.69 Å². The Kier molecular flexibility index (Phi) is 3.28. The van der Waals surface area contributed by atoms with Crippen LogP contribution in [0.3, 0.4) is 0 Å². The third-order valence-electron chi connectivity index (χ3n) is 3.53. The van der Waals surface area contributed by atoms with Gasteiger partial charge < -0.3 is 5.73 Å². The molecule has 2 unspecified atom stereocenters. The van der Waals surface area contributed by atoms with E-state index in [9.17, 15) is 4.79 Å².